The van der Waals surface area contributed by atoms with Gasteiger partial charge in [-0.15, -0.1) is 0 Å². The number of carbonyl (C=O) groups is 1. The SMILES string of the molecule is COc1cccc(CNC(=O)NCCc2ccc(-n3cccn3)cc2)c1. The maximum atomic E-state index is 11.9. The fraction of sp³-hybridized carbons (Fsp3) is 0.200. The average Bonchev–Trinajstić information content (AvgIpc) is 3.22. The molecule has 0 aliphatic rings. The number of rotatable bonds is 7. The maximum absolute atomic E-state index is 11.9. The zero-order valence-electron chi connectivity index (χ0n) is 14.7. The molecule has 134 valence electrons. The van der Waals surface area contributed by atoms with Gasteiger partial charge in [-0.05, 0) is 47.9 Å². The number of aromatic nitrogens is 2. The van der Waals surface area contributed by atoms with Crippen molar-refractivity contribution in [2.75, 3.05) is 13.7 Å². The number of nitrogens with zero attached hydrogens (tertiary/aromatic N) is 2. The highest BCUT2D eigenvalue weighted by atomic mass is 16.5. The van der Waals surface area contributed by atoms with Crippen LogP contribution in [0.2, 0.25) is 0 Å². The Morgan fingerprint density at radius 1 is 1.08 bits per heavy atom. The first-order chi connectivity index (χ1) is 12.7. The first-order valence-electron chi connectivity index (χ1n) is 8.48. The first kappa shape index (κ1) is 17.5. The molecule has 6 heteroatoms. The summed E-state index contributed by atoms with van der Waals surface area (Å²) in [5.74, 6) is 0.781. The molecule has 3 aromatic rings. The van der Waals surface area contributed by atoms with Crippen LogP contribution in [0.15, 0.2) is 67.0 Å². The van der Waals surface area contributed by atoms with Gasteiger partial charge in [0.2, 0.25) is 0 Å². The summed E-state index contributed by atoms with van der Waals surface area (Å²) in [4.78, 5) is 11.9. The highest BCUT2D eigenvalue weighted by molar-refractivity contribution is 5.73. The highest BCUT2D eigenvalue weighted by Gasteiger charge is 2.02. The van der Waals surface area contributed by atoms with E-state index in [0.717, 1.165) is 29.0 Å². The van der Waals surface area contributed by atoms with Gasteiger partial charge in [0, 0.05) is 25.5 Å². The number of urea groups is 1. The van der Waals surface area contributed by atoms with Crippen molar-refractivity contribution in [3.05, 3.63) is 78.1 Å². The Morgan fingerprint density at radius 2 is 1.92 bits per heavy atom. The van der Waals surface area contributed by atoms with Crippen LogP contribution in [0.25, 0.3) is 5.69 Å². The third-order valence-electron chi connectivity index (χ3n) is 3.99. The summed E-state index contributed by atoms with van der Waals surface area (Å²) in [6.45, 7) is 1.03. The lowest BCUT2D eigenvalue weighted by atomic mass is 10.1. The van der Waals surface area contributed by atoms with Crippen LogP contribution in [0, 0.1) is 0 Å². The number of carbonyl (C=O) groups excluding carboxylic acids is 1. The van der Waals surface area contributed by atoms with E-state index in [-0.39, 0.29) is 6.03 Å². The average molecular weight is 350 g/mol. The summed E-state index contributed by atoms with van der Waals surface area (Å²) < 4.78 is 6.99. The molecule has 0 aliphatic heterocycles. The van der Waals surface area contributed by atoms with Gasteiger partial charge in [-0.2, -0.15) is 5.10 Å². The third kappa shape index (κ3) is 4.86. The molecule has 0 fully saturated rings. The lowest BCUT2D eigenvalue weighted by Gasteiger charge is -2.09. The van der Waals surface area contributed by atoms with Crippen LogP contribution >= 0.6 is 0 Å². The Morgan fingerprint density at radius 3 is 2.65 bits per heavy atom. The van der Waals surface area contributed by atoms with Gasteiger partial charge in [0.25, 0.3) is 0 Å². The second kappa shape index (κ2) is 8.71. The van der Waals surface area contributed by atoms with Crippen molar-refractivity contribution < 1.29 is 9.53 Å². The standard InChI is InChI=1S/C20H22N4O2/c1-26-19-5-2-4-17(14-19)15-22-20(25)21-12-10-16-6-8-18(9-7-16)24-13-3-11-23-24/h2-9,11,13-14H,10,12,15H2,1H3,(H2,21,22,25). The van der Waals surface area contributed by atoms with E-state index < -0.39 is 0 Å². The van der Waals surface area contributed by atoms with Gasteiger partial charge in [0.1, 0.15) is 5.75 Å². The van der Waals surface area contributed by atoms with Gasteiger partial charge in [-0.3, -0.25) is 0 Å². The minimum Gasteiger partial charge on any atom is -0.497 e. The lowest BCUT2D eigenvalue weighted by Crippen LogP contribution is -2.36. The zero-order valence-corrected chi connectivity index (χ0v) is 14.7. The zero-order chi connectivity index (χ0) is 18.2. The van der Waals surface area contributed by atoms with E-state index in [1.54, 1.807) is 13.3 Å². The van der Waals surface area contributed by atoms with Crippen molar-refractivity contribution in [1.29, 1.82) is 0 Å². The number of amides is 2. The molecule has 0 spiro atoms. The van der Waals surface area contributed by atoms with Crippen molar-refractivity contribution in [3.63, 3.8) is 0 Å². The largest absolute Gasteiger partial charge is 0.497 e. The summed E-state index contributed by atoms with van der Waals surface area (Å²) in [5.41, 5.74) is 3.17. The van der Waals surface area contributed by atoms with Gasteiger partial charge >= 0.3 is 6.03 Å². The second-order valence-electron chi connectivity index (χ2n) is 5.83. The van der Waals surface area contributed by atoms with E-state index in [1.165, 1.54) is 0 Å². The van der Waals surface area contributed by atoms with Gasteiger partial charge in [0.05, 0.1) is 12.8 Å². The van der Waals surface area contributed by atoms with Crippen molar-refractivity contribution in [2.24, 2.45) is 0 Å². The summed E-state index contributed by atoms with van der Waals surface area (Å²) in [7, 11) is 1.63. The molecule has 0 radical (unpaired) electrons. The van der Waals surface area contributed by atoms with E-state index in [9.17, 15) is 4.79 Å². The molecule has 6 nitrogen and oxygen atoms in total. The minimum atomic E-state index is -0.180. The normalized spacial score (nSPS) is 10.3. The van der Waals surface area contributed by atoms with E-state index in [1.807, 2.05) is 65.5 Å². The number of methoxy groups -OCH3 is 1. The Kier molecular flexibility index (Phi) is 5.88. The molecular formula is C20H22N4O2. The van der Waals surface area contributed by atoms with Crippen LogP contribution < -0.4 is 15.4 Å². The third-order valence-corrected chi connectivity index (χ3v) is 3.99. The molecule has 0 saturated carbocycles. The van der Waals surface area contributed by atoms with Crippen LogP contribution in [0.5, 0.6) is 5.75 Å². The van der Waals surface area contributed by atoms with Crippen LogP contribution in [0.1, 0.15) is 11.1 Å². The Labute approximate surface area is 152 Å². The molecule has 2 aromatic carbocycles. The molecule has 1 aromatic heterocycles. The summed E-state index contributed by atoms with van der Waals surface area (Å²) >= 11 is 0. The van der Waals surface area contributed by atoms with Gasteiger partial charge < -0.3 is 15.4 Å². The fourth-order valence-corrected chi connectivity index (χ4v) is 2.58. The van der Waals surface area contributed by atoms with E-state index in [4.69, 9.17) is 4.74 Å². The molecule has 0 unspecified atom stereocenters. The molecule has 26 heavy (non-hydrogen) atoms. The molecule has 0 saturated heterocycles. The van der Waals surface area contributed by atoms with E-state index in [0.29, 0.717) is 13.1 Å². The predicted octanol–water partition coefficient (Wildman–Crippen LogP) is 2.92. The number of hydrogen-bond donors (Lipinski definition) is 2. The molecule has 0 aliphatic carbocycles. The summed E-state index contributed by atoms with van der Waals surface area (Å²) in [6.07, 6.45) is 4.43. The minimum absolute atomic E-state index is 0.180. The van der Waals surface area contributed by atoms with Crippen LogP contribution in [-0.2, 0) is 13.0 Å². The van der Waals surface area contributed by atoms with Crippen molar-refractivity contribution in [3.8, 4) is 11.4 Å². The van der Waals surface area contributed by atoms with Gasteiger partial charge in [-0.1, -0.05) is 24.3 Å². The van der Waals surface area contributed by atoms with Crippen molar-refractivity contribution in [1.82, 2.24) is 20.4 Å². The molecule has 0 bridgehead atoms. The Balaban J connectivity index is 1.40. The molecule has 3 rings (SSSR count). The Bertz CT molecular complexity index is 829. The van der Waals surface area contributed by atoms with Gasteiger partial charge in [-0.25, -0.2) is 9.48 Å². The van der Waals surface area contributed by atoms with Gasteiger partial charge in [0.15, 0.2) is 0 Å². The summed E-state index contributed by atoms with van der Waals surface area (Å²) in [5, 5.41) is 9.92. The van der Waals surface area contributed by atoms with Crippen LogP contribution in [-0.4, -0.2) is 29.5 Å². The molecular weight excluding hydrogens is 328 g/mol. The van der Waals surface area contributed by atoms with E-state index in [2.05, 4.69) is 15.7 Å². The molecule has 2 N–H and O–H groups in total. The molecule has 2 amide bonds. The number of nitrogens with one attached hydrogen (secondary N) is 2. The molecule has 1 heterocycles. The quantitative estimate of drug-likeness (QED) is 0.688. The first-order valence-corrected chi connectivity index (χ1v) is 8.48. The lowest BCUT2D eigenvalue weighted by molar-refractivity contribution is 0.240. The van der Waals surface area contributed by atoms with Crippen molar-refractivity contribution in [2.45, 2.75) is 13.0 Å². The number of benzene rings is 2. The summed E-state index contributed by atoms with van der Waals surface area (Å²) in [6, 6.07) is 17.5. The molecule has 0 atom stereocenters. The van der Waals surface area contributed by atoms with Crippen molar-refractivity contribution >= 4 is 6.03 Å². The second-order valence-corrected chi connectivity index (χ2v) is 5.83. The Hall–Kier alpha value is -3.28. The highest BCUT2D eigenvalue weighted by Crippen LogP contribution is 2.12. The topological polar surface area (TPSA) is 68.2 Å². The predicted molar refractivity (Wildman–Crippen MR) is 101 cm³/mol. The monoisotopic (exact) mass is 350 g/mol. The fourth-order valence-electron chi connectivity index (χ4n) is 2.58. The number of ether oxygens (including phenoxy) is 1. The maximum Gasteiger partial charge on any atom is 0.315 e. The van der Waals surface area contributed by atoms with E-state index >= 15 is 0 Å². The smallest absolute Gasteiger partial charge is 0.315 e. The van der Waals surface area contributed by atoms with Crippen LogP contribution in [0.4, 0.5) is 4.79 Å². The number of hydrogen-bond acceptors (Lipinski definition) is 3. The van der Waals surface area contributed by atoms with Crippen LogP contribution in [0.3, 0.4) is 0 Å².